The van der Waals surface area contributed by atoms with Crippen LogP contribution >= 0.6 is 0 Å². The van der Waals surface area contributed by atoms with Crippen molar-refractivity contribution in [1.29, 1.82) is 0 Å². The first-order valence-electron chi connectivity index (χ1n) is 15.3. The molecular weight excluding hydrogens is 454 g/mol. The molecule has 2 N–H and O–H groups in total. The van der Waals surface area contributed by atoms with Gasteiger partial charge in [0.15, 0.2) is 0 Å². The molecule has 6 nitrogen and oxygen atoms in total. The highest BCUT2D eigenvalue weighted by molar-refractivity contribution is 5.76. The number of unbranched alkanes of at least 4 members (excludes halogenated alkanes) is 14. The third-order valence-corrected chi connectivity index (χ3v) is 7.32. The van der Waals surface area contributed by atoms with Crippen molar-refractivity contribution in [3.63, 3.8) is 0 Å². The van der Waals surface area contributed by atoms with Crippen LogP contribution in [0, 0.1) is 5.92 Å². The lowest BCUT2D eigenvalue weighted by Crippen LogP contribution is -2.32. The maximum atomic E-state index is 12.8. The summed E-state index contributed by atoms with van der Waals surface area (Å²) in [6, 6.07) is -0.361. The molecule has 0 amide bonds. The van der Waals surface area contributed by atoms with Gasteiger partial charge in [-0.15, -0.1) is 0 Å². The Bertz CT molecular complexity index is 525. The average molecular weight is 512 g/mol. The van der Waals surface area contributed by atoms with E-state index in [-0.39, 0.29) is 23.9 Å². The number of carbonyl (C=O) groups is 2. The minimum absolute atomic E-state index is 0.0228. The highest BCUT2D eigenvalue weighted by atomic mass is 16.5. The van der Waals surface area contributed by atoms with Gasteiger partial charge in [-0.25, -0.2) is 0 Å². The minimum Gasteiger partial charge on any atom is -0.465 e. The first kappa shape index (κ1) is 32.9. The number of esters is 2. The lowest BCUT2D eigenvalue weighted by molar-refractivity contribution is -0.149. The molecule has 0 aromatic rings. The molecule has 2 atom stereocenters. The second kappa shape index (κ2) is 23.0. The van der Waals surface area contributed by atoms with Crippen LogP contribution in [-0.2, 0) is 19.1 Å². The van der Waals surface area contributed by atoms with E-state index in [9.17, 15) is 14.7 Å². The summed E-state index contributed by atoms with van der Waals surface area (Å²) in [6.45, 7) is 5.90. The molecule has 1 aliphatic rings. The summed E-state index contributed by atoms with van der Waals surface area (Å²) in [7, 11) is 0. The smallest absolute Gasteiger partial charge is 0.323 e. The molecule has 36 heavy (non-hydrogen) atoms. The van der Waals surface area contributed by atoms with Crippen molar-refractivity contribution in [2.75, 3.05) is 19.8 Å². The molecule has 0 bridgehead atoms. The summed E-state index contributed by atoms with van der Waals surface area (Å²) >= 11 is 0. The van der Waals surface area contributed by atoms with Gasteiger partial charge < -0.3 is 19.9 Å². The average Bonchev–Trinajstić information content (AvgIpc) is 3.31. The molecule has 6 heteroatoms. The van der Waals surface area contributed by atoms with Crippen LogP contribution in [0.3, 0.4) is 0 Å². The zero-order valence-electron chi connectivity index (χ0n) is 23.6. The van der Waals surface area contributed by atoms with Crippen molar-refractivity contribution in [2.45, 2.75) is 154 Å². The molecule has 1 heterocycles. The first-order chi connectivity index (χ1) is 17.6. The third-order valence-electron chi connectivity index (χ3n) is 7.32. The number of hydrogen-bond donors (Lipinski definition) is 2. The van der Waals surface area contributed by atoms with E-state index in [0.717, 1.165) is 57.8 Å². The van der Waals surface area contributed by atoms with Crippen LogP contribution in [0.2, 0.25) is 0 Å². The lowest BCUT2D eigenvalue weighted by atomic mass is 9.94. The Labute approximate surface area is 221 Å². The van der Waals surface area contributed by atoms with E-state index in [1.165, 1.54) is 64.2 Å². The van der Waals surface area contributed by atoms with Gasteiger partial charge >= 0.3 is 11.9 Å². The highest BCUT2D eigenvalue weighted by Gasteiger charge is 2.29. The van der Waals surface area contributed by atoms with Crippen LogP contribution in [-0.4, -0.2) is 48.9 Å². The number of aliphatic hydroxyl groups is 1. The van der Waals surface area contributed by atoms with Gasteiger partial charge in [0.25, 0.3) is 0 Å². The minimum atomic E-state index is -0.446. The van der Waals surface area contributed by atoms with Crippen LogP contribution in [0.1, 0.15) is 142 Å². The van der Waals surface area contributed by atoms with Crippen molar-refractivity contribution in [2.24, 2.45) is 5.92 Å². The predicted octanol–water partition coefficient (Wildman–Crippen LogP) is 6.86. The van der Waals surface area contributed by atoms with Gasteiger partial charge in [-0.1, -0.05) is 110 Å². The molecule has 1 aliphatic heterocycles. The highest BCUT2D eigenvalue weighted by Crippen LogP contribution is 2.21. The van der Waals surface area contributed by atoms with Crippen molar-refractivity contribution >= 4 is 11.9 Å². The van der Waals surface area contributed by atoms with Crippen molar-refractivity contribution < 1.29 is 24.2 Å². The summed E-state index contributed by atoms with van der Waals surface area (Å²) in [6.07, 6.45) is 21.9. The standard InChI is InChI=1S/C30H57NO5/c1-3-5-7-9-12-16-20-26(21-17-13-10-8-6-4-2)29(33)35-22-18-14-11-15-19-23-36-30(34)28-24-27(32)25-31-28/h26-28,31-32H,3-25H2,1-2H3/t27?,28-/m0/s1. The van der Waals surface area contributed by atoms with Crippen molar-refractivity contribution in [1.82, 2.24) is 5.32 Å². The lowest BCUT2D eigenvalue weighted by Gasteiger charge is -2.16. The third kappa shape index (κ3) is 17.3. The van der Waals surface area contributed by atoms with E-state index in [1.54, 1.807) is 0 Å². The summed E-state index contributed by atoms with van der Waals surface area (Å²) in [4.78, 5) is 24.6. The number of ether oxygens (including phenoxy) is 2. The monoisotopic (exact) mass is 511 g/mol. The van der Waals surface area contributed by atoms with Gasteiger partial charge in [-0.05, 0) is 25.7 Å². The van der Waals surface area contributed by atoms with Crippen LogP contribution in [0.4, 0.5) is 0 Å². The molecular formula is C30H57NO5. The molecule has 0 aliphatic carbocycles. The van der Waals surface area contributed by atoms with Crippen LogP contribution in [0.15, 0.2) is 0 Å². The Morgan fingerprint density at radius 2 is 1.19 bits per heavy atom. The Morgan fingerprint density at radius 3 is 1.69 bits per heavy atom. The van der Waals surface area contributed by atoms with E-state index in [0.29, 0.717) is 26.2 Å². The SMILES string of the molecule is CCCCCCCCC(CCCCCCCC)C(=O)OCCCCCCCOC(=O)[C@@H]1CC(O)CN1. The summed E-state index contributed by atoms with van der Waals surface area (Å²) in [5, 5.41) is 12.4. The maximum Gasteiger partial charge on any atom is 0.323 e. The number of aliphatic hydroxyl groups excluding tert-OH is 1. The second-order valence-electron chi connectivity index (χ2n) is 10.8. The van der Waals surface area contributed by atoms with Crippen LogP contribution < -0.4 is 5.32 Å². The number of carbonyl (C=O) groups excluding carboxylic acids is 2. The van der Waals surface area contributed by atoms with E-state index >= 15 is 0 Å². The van der Waals surface area contributed by atoms with E-state index in [4.69, 9.17) is 9.47 Å². The molecule has 1 rings (SSSR count). The number of hydrogen-bond acceptors (Lipinski definition) is 6. The molecule has 0 spiro atoms. The molecule has 0 aromatic heterocycles. The van der Waals surface area contributed by atoms with Gasteiger partial charge in [0.1, 0.15) is 6.04 Å². The second-order valence-corrected chi connectivity index (χ2v) is 10.8. The Morgan fingerprint density at radius 1 is 0.722 bits per heavy atom. The van der Waals surface area contributed by atoms with Gasteiger partial charge in [0, 0.05) is 13.0 Å². The predicted molar refractivity (Wildman–Crippen MR) is 147 cm³/mol. The molecule has 1 saturated heterocycles. The van der Waals surface area contributed by atoms with Crippen LogP contribution in [0.25, 0.3) is 0 Å². The molecule has 1 fully saturated rings. The Kier molecular flexibility index (Phi) is 21.0. The summed E-state index contributed by atoms with van der Waals surface area (Å²) in [5.74, 6) is -0.155. The fourth-order valence-corrected chi connectivity index (χ4v) is 4.92. The molecule has 212 valence electrons. The van der Waals surface area contributed by atoms with Gasteiger partial charge in [0.2, 0.25) is 0 Å². The molecule has 0 saturated carbocycles. The summed E-state index contributed by atoms with van der Waals surface area (Å²) < 4.78 is 11.0. The maximum absolute atomic E-state index is 12.8. The van der Waals surface area contributed by atoms with Gasteiger partial charge in [-0.2, -0.15) is 0 Å². The zero-order valence-corrected chi connectivity index (χ0v) is 23.6. The largest absolute Gasteiger partial charge is 0.465 e. The zero-order chi connectivity index (χ0) is 26.3. The Hall–Kier alpha value is -1.14. The van der Waals surface area contributed by atoms with Crippen molar-refractivity contribution in [3.8, 4) is 0 Å². The normalized spacial score (nSPS) is 17.6. The fraction of sp³-hybridized carbons (Fsp3) is 0.933. The molecule has 0 radical (unpaired) electrons. The number of rotatable bonds is 24. The molecule has 1 unspecified atom stereocenters. The van der Waals surface area contributed by atoms with E-state index in [1.807, 2.05) is 0 Å². The summed E-state index contributed by atoms with van der Waals surface area (Å²) in [5.41, 5.74) is 0. The topological polar surface area (TPSA) is 84.9 Å². The first-order valence-corrected chi connectivity index (χ1v) is 15.3. The number of β-amino-alcohol motifs (C(OH)–C–C–N with tert-alkyl or cyclic N) is 1. The van der Waals surface area contributed by atoms with Crippen LogP contribution in [0.5, 0.6) is 0 Å². The van der Waals surface area contributed by atoms with Crippen molar-refractivity contribution in [3.05, 3.63) is 0 Å². The van der Waals surface area contributed by atoms with Gasteiger partial charge in [0.05, 0.1) is 25.2 Å². The molecule has 0 aromatic carbocycles. The quantitative estimate of drug-likeness (QED) is 0.109. The fourth-order valence-electron chi connectivity index (χ4n) is 4.92. The Balaban J connectivity index is 2.11. The number of nitrogens with one attached hydrogen (secondary N) is 1. The van der Waals surface area contributed by atoms with E-state index < -0.39 is 6.10 Å². The van der Waals surface area contributed by atoms with E-state index in [2.05, 4.69) is 19.2 Å². The van der Waals surface area contributed by atoms with Gasteiger partial charge in [-0.3, -0.25) is 9.59 Å².